The van der Waals surface area contributed by atoms with Crippen molar-refractivity contribution in [2.24, 2.45) is 0 Å². The van der Waals surface area contributed by atoms with Crippen molar-refractivity contribution in [1.82, 2.24) is 14.1 Å². The predicted molar refractivity (Wildman–Crippen MR) is 116 cm³/mol. The van der Waals surface area contributed by atoms with Crippen molar-refractivity contribution >= 4 is 11.0 Å². The molecule has 3 aromatic rings. The van der Waals surface area contributed by atoms with Crippen LogP contribution < -0.4 is 9.47 Å². The molecule has 160 valence electrons. The van der Waals surface area contributed by atoms with Crippen LogP contribution in [0.2, 0.25) is 0 Å². The highest BCUT2D eigenvalue weighted by Crippen LogP contribution is 2.20. The van der Waals surface area contributed by atoms with Gasteiger partial charge >= 0.3 is 0 Å². The molecule has 0 aliphatic carbocycles. The van der Waals surface area contributed by atoms with Gasteiger partial charge < -0.3 is 14.6 Å². The molecular weight excluding hydrogens is 402 g/mol. The maximum absolute atomic E-state index is 13.3. The number of rotatable bonds is 10. The van der Waals surface area contributed by atoms with Gasteiger partial charge in [0.05, 0.1) is 26.9 Å². The molecule has 0 bridgehead atoms. The largest absolute Gasteiger partial charge is 0.497 e. The molecule has 7 nitrogen and oxygen atoms in total. The second-order valence-corrected chi connectivity index (χ2v) is 8.40. The topological polar surface area (TPSA) is 76.8 Å². The highest BCUT2D eigenvalue weighted by Gasteiger charge is 2.19. The van der Waals surface area contributed by atoms with Crippen LogP contribution in [0, 0.1) is 0 Å². The smallest absolute Gasteiger partial charge is 0.164 e. The van der Waals surface area contributed by atoms with E-state index in [1.807, 2.05) is 52.8 Å². The van der Waals surface area contributed by atoms with E-state index in [4.69, 9.17) is 9.47 Å². The number of aliphatic hydroxyl groups is 1. The monoisotopic (exact) mass is 429 g/mol. The third-order valence-electron chi connectivity index (χ3n) is 4.52. The van der Waals surface area contributed by atoms with Gasteiger partial charge in [-0.15, -0.1) is 0 Å². The summed E-state index contributed by atoms with van der Waals surface area (Å²) in [6.07, 6.45) is 1.21. The molecule has 1 N–H and O–H groups in total. The summed E-state index contributed by atoms with van der Waals surface area (Å²) in [5.41, 5.74) is 2.03. The van der Waals surface area contributed by atoms with Gasteiger partial charge in [-0.25, -0.2) is 8.51 Å². The van der Waals surface area contributed by atoms with Crippen LogP contribution in [0.15, 0.2) is 65.8 Å². The molecule has 0 amide bonds. The van der Waals surface area contributed by atoms with Crippen molar-refractivity contribution in [2.45, 2.75) is 37.7 Å². The molecule has 2 aromatic carbocycles. The van der Waals surface area contributed by atoms with Crippen LogP contribution in [-0.4, -0.2) is 43.7 Å². The van der Waals surface area contributed by atoms with Crippen LogP contribution in [-0.2, 0) is 30.6 Å². The maximum Gasteiger partial charge on any atom is 0.164 e. The molecule has 0 aliphatic heterocycles. The summed E-state index contributed by atoms with van der Waals surface area (Å²) in [6.45, 7) is 3.00. The van der Waals surface area contributed by atoms with Crippen LogP contribution in [0.5, 0.6) is 11.5 Å². The van der Waals surface area contributed by atoms with E-state index in [1.165, 1.54) is 0 Å². The molecule has 1 unspecified atom stereocenters. The Bertz CT molecular complexity index is 906. The van der Waals surface area contributed by atoms with Gasteiger partial charge in [0, 0.05) is 19.3 Å². The third-order valence-corrected chi connectivity index (χ3v) is 5.82. The number of nitrogens with zero attached hydrogens (tertiary/aromatic N) is 3. The van der Waals surface area contributed by atoms with Gasteiger partial charge in [0.2, 0.25) is 0 Å². The van der Waals surface area contributed by atoms with Crippen LogP contribution in [0.4, 0.5) is 0 Å². The molecule has 1 aromatic heterocycles. The molecule has 2 atom stereocenters. The van der Waals surface area contributed by atoms with E-state index in [0.29, 0.717) is 24.7 Å². The fourth-order valence-electron chi connectivity index (χ4n) is 2.98. The maximum atomic E-state index is 13.3. The highest BCUT2D eigenvalue weighted by molar-refractivity contribution is 7.82. The van der Waals surface area contributed by atoms with Crippen molar-refractivity contribution < 1.29 is 18.8 Å². The lowest BCUT2D eigenvalue weighted by molar-refractivity contribution is 0.168. The zero-order valence-corrected chi connectivity index (χ0v) is 18.2. The number of ether oxygens (including phenoxy) is 2. The van der Waals surface area contributed by atoms with E-state index < -0.39 is 17.1 Å². The minimum Gasteiger partial charge on any atom is -0.497 e. The third kappa shape index (κ3) is 5.91. The van der Waals surface area contributed by atoms with Crippen molar-refractivity contribution in [3.8, 4) is 11.5 Å². The van der Waals surface area contributed by atoms with E-state index in [1.54, 1.807) is 38.1 Å². The zero-order chi connectivity index (χ0) is 21.5. The SMILES string of the molecule is COc1ccc(CN(Cc2ccc(OC)cc2)S(=O)c2ccn(C[C@@H](C)O)n2)cc1. The van der Waals surface area contributed by atoms with Gasteiger partial charge in [0.25, 0.3) is 0 Å². The van der Waals surface area contributed by atoms with Crippen LogP contribution in [0.1, 0.15) is 18.1 Å². The number of hydrogen-bond acceptors (Lipinski definition) is 5. The summed E-state index contributed by atoms with van der Waals surface area (Å²) < 4.78 is 27.3. The van der Waals surface area contributed by atoms with Gasteiger partial charge in [-0.05, 0) is 48.4 Å². The summed E-state index contributed by atoms with van der Waals surface area (Å²) in [7, 11) is 1.78. The van der Waals surface area contributed by atoms with Crippen molar-refractivity contribution in [3.05, 3.63) is 71.9 Å². The van der Waals surface area contributed by atoms with E-state index >= 15 is 0 Å². The Morgan fingerprint density at radius 2 is 1.47 bits per heavy atom. The standard InChI is InChI=1S/C22H27N3O4S/c1-17(26)14-24-13-12-22(23-24)30(27)25(15-18-4-8-20(28-2)9-5-18)16-19-6-10-21(29-3)11-7-19/h4-13,17,26H,14-16H2,1-3H3/t17-,30?/m1/s1. The first-order valence-electron chi connectivity index (χ1n) is 9.62. The van der Waals surface area contributed by atoms with Gasteiger partial charge in [0.15, 0.2) is 5.03 Å². The van der Waals surface area contributed by atoms with Crippen LogP contribution in [0.25, 0.3) is 0 Å². The lowest BCUT2D eigenvalue weighted by atomic mass is 10.2. The fourth-order valence-corrected chi connectivity index (χ4v) is 4.13. The zero-order valence-electron chi connectivity index (χ0n) is 17.4. The summed E-state index contributed by atoms with van der Waals surface area (Å²) in [5.74, 6) is 1.55. The Hall–Kier alpha value is -2.68. The summed E-state index contributed by atoms with van der Waals surface area (Å²) in [6, 6.07) is 17.1. The Morgan fingerprint density at radius 1 is 0.967 bits per heavy atom. The van der Waals surface area contributed by atoms with Gasteiger partial charge in [-0.3, -0.25) is 4.68 Å². The molecule has 0 saturated carbocycles. The first kappa shape index (κ1) is 22.0. The summed E-state index contributed by atoms with van der Waals surface area (Å²) in [5, 5.41) is 14.4. The molecule has 3 rings (SSSR count). The second-order valence-electron chi connectivity index (χ2n) is 6.97. The average molecular weight is 430 g/mol. The molecular formula is C22H27N3O4S. The molecule has 0 saturated heterocycles. The number of benzene rings is 2. The van der Waals surface area contributed by atoms with E-state index in [0.717, 1.165) is 22.6 Å². The minimum absolute atomic E-state index is 0.355. The molecule has 0 spiro atoms. The Morgan fingerprint density at radius 3 is 1.90 bits per heavy atom. The normalized spacial score (nSPS) is 13.2. The fraction of sp³-hybridized carbons (Fsp3) is 0.318. The van der Waals surface area contributed by atoms with Gasteiger partial charge in [0.1, 0.15) is 22.5 Å². The van der Waals surface area contributed by atoms with Gasteiger partial charge in [-0.2, -0.15) is 5.10 Å². The van der Waals surface area contributed by atoms with Crippen molar-refractivity contribution in [3.63, 3.8) is 0 Å². The molecule has 0 radical (unpaired) electrons. The number of aromatic nitrogens is 2. The lowest BCUT2D eigenvalue weighted by Crippen LogP contribution is -2.26. The van der Waals surface area contributed by atoms with Crippen molar-refractivity contribution in [1.29, 1.82) is 0 Å². The van der Waals surface area contributed by atoms with Crippen molar-refractivity contribution in [2.75, 3.05) is 14.2 Å². The molecule has 8 heteroatoms. The van der Waals surface area contributed by atoms with E-state index in [2.05, 4.69) is 5.10 Å². The summed E-state index contributed by atoms with van der Waals surface area (Å²) in [4.78, 5) is 0. The van der Waals surface area contributed by atoms with E-state index in [-0.39, 0.29) is 0 Å². The first-order chi connectivity index (χ1) is 14.5. The molecule has 30 heavy (non-hydrogen) atoms. The number of methoxy groups -OCH3 is 2. The highest BCUT2D eigenvalue weighted by atomic mass is 32.2. The Balaban J connectivity index is 1.82. The molecule has 0 aliphatic rings. The lowest BCUT2D eigenvalue weighted by Gasteiger charge is -2.21. The average Bonchev–Trinajstić information content (AvgIpc) is 3.21. The summed E-state index contributed by atoms with van der Waals surface area (Å²) >= 11 is 0. The Kier molecular flexibility index (Phi) is 7.62. The number of hydrogen-bond donors (Lipinski definition) is 1. The van der Waals surface area contributed by atoms with Crippen LogP contribution >= 0.6 is 0 Å². The van der Waals surface area contributed by atoms with Gasteiger partial charge in [-0.1, -0.05) is 24.3 Å². The predicted octanol–water partition coefficient (Wildman–Crippen LogP) is 3.01. The Labute approximate surface area is 179 Å². The first-order valence-corrected chi connectivity index (χ1v) is 10.7. The quantitative estimate of drug-likeness (QED) is 0.536. The molecule has 0 fully saturated rings. The minimum atomic E-state index is -1.47. The second kappa shape index (κ2) is 10.4. The molecule has 1 heterocycles. The van der Waals surface area contributed by atoms with Crippen LogP contribution in [0.3, 0.4) is 0 Å². The number of aliphatic hydroxyl groups excluding tert-OH is 1. The van der Waals surface area contributed by atoms with E-state index in [9.17, 15) is 9.32 Å².